The molecule has 8 heteroatoms. The van der Waals surface area contributed by atoms with Crippen molar-refractivity contribution in [3.63, 3.8) is 0 Å². The second-order valence-corrected chi connectivity index (χ2v) is 6.17. The third-order valence-corrected chi connectivity index (χ3v) is 3.22. The molecule has 2 aliphatic rings. The Bertz CT molecular complexity index is 393. The molecule has 2 saturated heterocycles. The van der Waals surface area contributed by atoms with Crippen molar-refractivity contribution in [1.29, 1.82) is 0 Å². The third kappa shape index (κ3) is 5.58. The van der Waals surface area contributed by atoms with E-state index in [-0.39, 0.29) is 11.7 Å². The van der Waals surface area contributed by atoms with Crippen molar-refractivity contribution in [2.75, 3.05) is 26.2 Å². The van der Waals surface area contributed by atoms with Crippen molar-refractivity contribution in [2.24, 2.45) is 11.8 Å². The molecular weight excluding hydrogens is 280 g/mol. The number of rotatable bonds is 0. The molecule has 2 rings (SSSR count). The van der Waals surface area contributed by atoms with Crippen molar-refractivity contribution >= 4 is 18.0 Å². The summed E-state index contributed by atoms with van der Waals surface area (Å²) in [5, 5.41) is 18.1. The van der Waals surface area contributed by atoms with E-state index in [2.05, 4.69) is 5.32 Å². The summed E-state index contributed by atoms with van der Waals surface area (Å²) in [6.07, 6.45) is -0.156. The van der Waals surface area contributed by atoms with Gasteiger partial charge in [-0.25, -0.2) is 14.4 Å². The molecule has 0 aromatic heterocycles. The number of carbonyl (C=O) groups excluding carboxylic acids is 1. The lowest BCUT2D eigenvalue weighted by molar-refractivity contribution is -0.159. The molecule has 0 saturated carbocycles. The van der Waals surface area contributed by atoms with Gasteiger partial charge in [-0.3, -0.25) is 0 Å². The minimum atomic E-state index is -1.82. The largest absolute Gasteiger partial charge is 0.473 e. The van der Waals surface area contributed by atoms with Crippen LogP contribution in [0, 0.1) is 11.8 Å². The van der Waals surface area contributed by atoms with E-state index >= 15 is 0 Å². The third-order valence-electron chi connectivity index (χ3n) is 3.22. The fourth-order valence-electron chi connectivity index (χ4n) is 2.33. The minimum Gasteiger partial charge on any atom is -0.473 e. The number of carboxylic acids is 2. The summed E-state index contributed by atoms with van der Waals surface area (Å²) in [5.74, 6) is -2.37. The van der Waals surface area contributed by atoms with Crippen LogP contribution in [0.1, 0.15) is 20.8 Å². The Morgan fingerprint density at radius 2 is 1.48 bits per heavy atom. The molecule has 8 nitrogen and oxygen atoms in total. The highest BCUT2D eigenvalue weighted by atomic mass is 16.6. The molecule has 0 aliphatic carbocycles. The van der Waals surface area contributed by atoms with Crippen LogP contribution in [0.4, 0.5) is 4.79 Å². The zero-order valence-corrected chi connectivity index (χ0v) is 12.5. The molecule has 2 heterocycles. The van der Waals surface area contributed by atoms with E-state index in [1.165, 1.54) is 0 Å². The quantitative estimate of drug-likeness (QED) is 0.548. The van der Waals surface area contributed by atoms with E-state index in [0.717, 1.165) is 26.2 Å². The highest BCUT2D eigenvalue weighted by molar-refractivity contribution is 6.27. The van der Waals surface area contributed by atoms with Gasteiger partial charge in [0.05, 0.1) is 0 Å². The van der Waals surface area contributed by atoms with E-state index in [1.807, 2.05) is 25.7 Å². The molecule has 0 aromatic carbocycles. The summed E-state index contributed by atoms with van der Waals surface area (Å²) in [6.45, 7) is 9.52. The maximum atomic E-state index is 11.8. The summed E-state index contributed by atoms with van der Waals surface area (Å²) >= 11 is 0. The van der Waals surface area contributed by atoms with Crippen molar-refractivity contribution in [3.05, 3.63) is 0 Å². The van der Waals surface area contributed by atoms with Gasteiger partial charge < -0.3 is 25.2 Å². The number of ether oxygens (including phenoxy) is 1. The molecule has 2 atom stereocenters. The summed E-state index contributed by atoms with van der Waals surface area (Å²) in [5.41, 5.74) is -0.382. The second-order valence-electron chi connectivity index (χ2n) is 6.17. The maximum Gasteiger partial charge on any atom is 0.414 e. The van der Waals surface area contributed by atoms with Gasteiger partial charge in [-0.1, -0.05) is 0 Å². The fraction of sp³-hybridized carbons (Fsp3) is 0.769. The molecule has 120 valence electrons. The average molecular weight is 302 g/mol. The molecule has 0 bridgehead atoms. The Kier molecular flexibility index (Phi) is 5.54. The Hall–Kier alpha value is -1.83. The van der Waals surface area contributed by atoms with Crippen LogP contribution in [-0.2, 0) is 14.3 Å². The van der Waals surface area contributed by atoms with Crippen LogP contribution in [0.5, 0.6) is 0 Å². The SMILES string of the molecule is CC(C)(C)OC(=O)N1CC2CNCC2C1.O=C(O)C(=O)O. The summed E-state index contributed by atoms with van der Waals surface area (Å²) in [4.78, 5) is 31.8. The molecule has 1 amide bonds. The topological polar surface area (TPSA) is 116 Å². The standard InChI is InChI=1S/C11H20N2O2.C2H2O4/c1-11(2,3)15-10(14)13-6-8-4-12-5-9(8)7-13;3-1(4)2(5)6/h8-9,12H,4-7H2,1-3H3;(H,3,4)(H,5,6). The van der Waals surface area contributed by atoms with E-state index in [1.54, 1.807) is 0 Å². The molecule has 0 radical (unpaired) electrons. The lowest BCUT2D eigenvalue weighted by Crippen LogP contribution is -2.36. The van der Waals surface area contributed by atoms with Crippen LogP contribution in [0.25, 0.3) is 0 Å². The number of nitrogens with zero attached hydrogens (tertiary/aromatic N) is 1. The maximum absolute atomic E-state index is 11.8. The Labute approximate surface area is 123 Å². The highest BCUT2D eigenvalue weighted by Gasteiger charge is 2.39. The number of hydrogen-bond donors (Lipinski definition) is 3. The van der Waals surface area contributed by atoms with Gasteiger partial charge in [0.25, 0.3) is 0 Å². The van der Waals surface area contributed by atoms with Crippen LogP contribution in [0.3, 0.4) is 0 Å². The molecule has 0 aromatic rings. The zero-order valence-electron chi connectivity index (χ0n) is 12.5. The Morgan fingerprint density at radius 1 is 1.05 bits per heavy atom. The number of hydrogen-bond acceptors (Lipinski definition) is 5. The number of aliphatic carboxylic acids is 2. The predicted octanol–water partition coefficient (Wildman–Crippen LogP) is 0.228. The van der Waals surface area contributed by atoms with Gasteiger partial charge in [0.15, 0.2) is 0 Å². The highest BCUT2D eigenvalue weighted by Crippen LogP contribution is 2.27. The molecular formula is C13H22N2O6. The number of amides is 1. The molecule has 0 spiro atoms. The Balaban J connectivity index is 0.000000315. The fourth-order valence-corrected chi connectivity index (χ4v) is 2.33. The van der Waals surface area contributed by atoms with Crippen molar-refractivity contribution < 1.29 is 29.3 Å². The normalized spacial score (nSPS) is 23.9. The van der Waals surface area contributed by atoms with E-state index in [9.17, 15) is 4.79 Å². The zero-order chi connectivity index (χ0) is 16.2. The monoisotopic (exact) mass is 302 g/mol. The smallest absolute Gasteiger partial charge is 0.414 e. The molecule has 2 aliphatic heterocycles. The van der Waals surface area contributed by atoms with Crippen LogP contribution in [0.2, 0.25) is 0 Å². The first-order valence-electron chi connectivity index (χ1n) is 6.75. The van der Waals surface area contributed by atoms with Gasteiger partial charge in [0.2, 0.25) is 0 Å². The van der Waals surface area contributed by atoms with Gasteiger partial charge in [0.1, 0.15) is 5.60 Å². The predicted molar refractivity (Wildman–Crippen MR) is 72.9 cm³/mol. The number of carboxylic acid groups (broad SMARTS) is 2. The summed E-state index contributed by atoms with van der Waals surface area (Å²) in [7, 11) is 0. The van der Waals surface area contributed by atoms with E-state index < -0.39 is 11.9 Å². The van der Waals surface area contributed by atoms with Gasteiger partial charge >= 0.3 is 18.0 Å². The van der Waals surface area contributed by atoms with Gasteiger partial charge in [-0.2, -0.15) is 0 Å². The van der Waals surface area contributed by atoms with E-state index in [0.29, 0.717) is 11.8 Å². The number of nitrogens with one attached hydrogen (secondary N) is 1. The molecule has 3 N–H and O–H groups in total. The van der Waals surface area contributed by atoms with E-state index in [4.69, 9.17) is 24.5 Å². The van der Waals surface area contributed by atoms with Crippen molar-refractivity contribution in [2.45, 2.75) is 26.4 Å². The van der Waals surface area contributed by atoms with Crippen LogP contribution < -0.4 is 5.32 Å². The van der Waals surface area contributed by atoms with Gasteiger partial charge in [-0.05, 0) is 32.6 Å². The van der Waals surface area contributed by atoms with Crippen molar-refractivity contribution in [3.8, 4) is 0 Å². The van der Waals surface area contributed by atoms with Crippen LogP contribution in [-0.4, -0.2) is 64.9 Å². The lowest BCUT2D eigenvalue weighted by atomic mass is 10.0. The molecule has 2 fully saturated rings. The van der Waals surface area contributed by atoms with Crippen molar-refractivity contribution in [1.82, 2.24) is 10.2 Å². The lowest BCUT2D eigenvalue weighted by Gasteiger charge is -2.24. The first kappa shape index (κ1) is 17.2. The second kappa shape index (κ2) is 6.75. The van der Waals surface area contributed by atoms with Gasteiger partial charge in [0, 0.05) is 26.2 Å². The molecule has 21 heavy (non-hydrogen) atoms. The minimum absolute atomic E-state index is 0.156. The number of likely N-dealkylation sites (tertiary alicyclic amines) is 1. The number of carbonyl (C=O) groups is 3. The summed E-state index contributed by atoms with van der Waals surface area (Å²) in [6, 6.07) is 0. The molecule has 2 unspecified atom stereocenters. The average Bonchev–Trinajstić information content (AvgIpc) is 2.86. The first-order chi connectivity index (χ1) is 9.60. The van der Waals surface area contributed by atoms with Crippen LogP contribution in [0.15, 0.2) is 0 Å². The Morgan fingerprint density at radius 3 is 1.81 bits per heavy atom. The van der Waals surface area contributed by atoms with Gasteiger partial charge in [-0.15, -0.1) is 0 Å². The first-order valence-corrected chi connectivity index (χ1v) is 6.75. The summed E-state index contributed by atoms with van der Waals surface area (Å²) < 4.78 is 5.35. The number of fused-ring (bicyclic) bond motifs is 1. The van der Waals surface area contributed by atoms with Crippen LogP contribution >= 0.6 is 0 Å².